The van der Waals surface area contributed by atoms with E-state index in [-0.39, 0.29) is 18.6 Å². The number of hydrogen-bond acceptors (Lipinski definition) is 8. The number of hydrogen-bond donors (Lipinski definition) is 2. The van der Waals surface area contributed by atoms with Crippen molar-refractivity contribution in [3.8, 4) is 17.0 Å². The summed E-state index contributed by atoms with van der Waals surface area (Å²) in [6.07, 6.45) is 0.562. The summed E-state index contributed by atoms with van der Waals surface area (Å²) < 4.78 is 21.6. The van der Waals surface area contributed by atoms with Crippen LogP contribution in [-0.2, 0) is 21.6 Å². The van der Waals surface area contributed by atoms with E-state index in [9.17, 15) is 14.7 Å². The third-order valence-electron chi connectivity index (χ3n) is 9.05. The van der Waals surface area contributed by atoms with Crippen LogP contribution in [0.4, 0.5) is 0 Å². The van der Waals surface area contributed by atoms with E-state index in [4.69, 9.17) is 14.2 Å². The maximum absolute atomic E-state index is 13.1. The molecule has 11 nitrogen and oxygen atoms in total. The number of rotatable bonds is 11. The van der Waals surface area contributed by atoms with Gasteiger partial charge in [-0.2, -0.15) is 0 Å². The van der Waals surface area contributed by atoms with Crippen molar-refractivity contribution in [2.45, 2.75) is 43.9 Å². The van der Waals surface area contributed by atoms with Crippen molar-refractivity contribution in [3.05, 3.63) is 170 Å². The summed E-state index contributed by atoms with van der Waals surface area (Å²) in [7, 11) is 1.62. The van der Waals surface area contributed by atoms with Crippen molar-refractivity contribution in [1.82, 2.24) is 24.5 Å². The summed E-state index contributed by atoms with van der Waals surface area (Å²) in [6, 6.07) is 35.5. The van der Waals surface area contributed by atoms with Crippen LogP contribution in [0.15, 0.2) is 131 Å². The Balaban J connectivity index is 1.16. The van der Waals surface area contributed by atoms with Gasteiger partial charge in [-0.25, -0.2) is 9.48 Å². The minimum absolute atomic E-state index is 0.00820. The third kappa shape index (κ3) is 6.53. The molecule has 0 aliphatic carbocycles. The van der Waals surface area contributed by atoms with E-state index in [2.05, 4.69) is 21.4 Å². The molecule has 7 rings (SSSR count). The molecule has 254 valence electrons. The molecule has 0 saturated carbocycles. The Labute approximate surface area is 288 Å². The summed E-state index contributed by atoms with van der Waals surface area (Å²) >= 11 is 0. The SMILES string of the molecule is COc1ccc(C(OC[C@H]2O[C@@H](n3cc(-c4cn(Cc5cccc(C)c5)nn4)c(=O)[nH]c3=O)C[C@@H]2O)(c2ccccc2)c2ccccc2)cc1. The maximum atomic E-state index is 13.1. The second-order valence-electron chi connectivity index (χ2n) is 12.4. The number of nitrogens with one attached hydrogen (secondary N) is 1. The summed E-state index contributed by atoms with van der Waals surface area (Å²) in [5.74, 6) is 0.709. The van der Waals surface area contributed by atoms with Gasteiger partial charge in [0.25, 0.3) is 5.56 Å². The normalized spacial score (nSPS) is 17.5. The van der Waals surface area contributed by atoms with Gasteiger partial charge in [0, 0.05) is 12.6 Å². The Morgan fingerprint density at radius 2 is 1.58 bits per heavy atom. The second-order valence-corrected chi connectivity index (χ2v) is 12.4. The van der Waals surface area contributed by atoms with Gasteiger partial charge < -0.3 is 19.3 Å². The van der Waals surface area contributed by atoms with Crippen LogP contribution in [0.3, 0.4) is 0 Å². The molecule has 2 N–H and O–H groups in total. The monoisotopic (exact) mass is 671 g/mol. The molecule has 1 aliphatic heterocycles. The summed E-state index contributed by atoms with van der Waals surface area (Å²) in [5, 5.41) is 19.7. The zero-order valence-electron chi connectivity index (χ0n) is 27.7. The first kappa shape index (κ1) is 32.9. The van der Waals surface area contributed by atoms with Crippen molar-refractivity contribution in [2.24, 2.45) is 0 Å². The molecule has 3 atom stereocenters. The topological polar surface area (TPSA) is 133 Å². The fourth-order valence-corrected chi connectivity index (χ4v) is 6.54. The maximum Gasteiger partial charge on any atom is 0.330 e. The predicted molar refractivity (Wildman–Crippen MR) is 187 cm³/mol. The lowest BCUT2D eigenvalue weighted by atomic mass is 9.80. The Morgan fingerprint density at radius 3 is 2.24 bits per heavy atom. The van der Waals surface area contributed by atoms with Gasteiger partial charge in [0.05, 0.1) is 38.1 Å². The lowest BCUT2D eigenvalue weighted by Crippen LogP contribution is -2.38. The highest BCUT2D eigenvalue weighted by atomic mass is 16.6. The van der Waals surface area contributed by atoms with E-state index in [1.54, 1.807) is 18.0 Å². The standard InChI is InChI=1S/C39H37N5O6/c1-26-10-9-11-27(20-26)22-43-24-33(41-42-43)32-23-44(38(47)40-37(32)46)36-21-34(45)35(50-36)25-49-39(28-12-5-3-6-13-28,29-14-7-4-8-15-29)30-16-18-31(48-2)19-17-30/h3-20,23-24,34-36,45H,21-22,25H2,1-2H3,(H,40,46,47)/t34-,35+,36+/m0/s1. The van der Waals surface area contributed by atoms with Crippen LogP contribution in [-0.4, -0.2) is 55.6 Å². The number of aliphatic hydroxyl groups is 1. The molecule has 0 bridgehead atoms. The van der Waals surface area contributed by atoms with Crippen LogP contribution in [0.1, 0.15) is 40.5 Å². The van der Waals surface area contributed by atoms with E-state index >= 15 is 0 Å². The van der Waals surface area contributed by atoms with Crippen LogP contribution < -0.4 is 16.0 Å². The van der Waals surface area contributed by atoms with Gasteiger partial charge in [0.15, 0.2) is 0 Å². The van der Waals surface area contributed by atoms with Crippen LogP contribution in [0.25, 0.3) is 11.3 Å². The van der Waals surface area contributed by atoms with Crippen LogP contribution in [0.2, 0.25) is 0 Å². The van der Waals surface area contributed by atoms with Crippen LogP contribution >= 0.6 is 0 Å². The number of methoxy groups -OCH3 is 1. The first-order chi connectivity index (χ1) is 24.3. The molecule has 11 heteroatoms. The lowest BCUT2D eigenvalue weighted by Gasteiger charge is -2.37. The number of aliphatic hydroxyl groups excluding tert-OH is 1. The second kappa shape index (κ2) is 14.1. The van der Waals surface area contributed by atoms with Crippen molar-refractivity contribution < 1.29 is 19.3 Å². The van der Waals surface area contributed by atoms with Crippen LogP contribution in [0.5, 0.6) is 5.75 Å². The quantitative estimate of drug-likeness (QED) is 0.188. The number of aromatic nitrogens is 5. The molecule has 1 saturated heterocycles. The van der Waals surface area contributed by atoms with E-state index < -0.39 is 35.3 Å². The number of nitrogens with zero attached hydrogens (tertiary/aromatic N) is 4. The molecule has 4 aromatic carbocycles. The van der Waals surface area contributed by atoms with Gasteiger partial charge in [-0.15, -0.1) is 5.10 Å². The van der Waals surface area contributed by atoms with E-state index in [1.165, 1.54) is 10.8 Å². The fourth-order valence-electron chi connectivity index (χ4n) is 6.54. The van der Waals surface area contributed by atoms with Gasteiger partial charge in [-0.1, -0.05) is 108 Å². The fraction of sp³-hybridized carbons (Fsp3) is 0.231. The molecule has 3 heterocycles. The Bertz CT molecular complexity index is 2140. The zero-order valence-corrected chi connectivity index (χ0v) is 27.7. The highest BCUT2D eigenvalue weighted by molar-refractivity contribution is 5.55. The molecule has 50 heavy (non-hydrogen) atoms. The highest BCUT2D eigenvalue weighted by Crippen LogP contribution is 2.42. The average molecular weight is 672 g/mol. The Kier molecular flexibility index (Phi) is 9.27. The largest absolute Gasteiger partial charge is 0.497 e. The number of H-pyrrole nitrogens is 1. The number of aryl methyl sites for hydroxylation is 1. The first-order valence-electron chi connectivity index (χ1n) is 16.4. The number of aromatic amines is 1. The lowest BCUT2D eigenvalue weighted by molar-refractivity contribution is -0.0944. The molecule has 0 radical (unpaired) electrons. The minimum Gasteiger partial charge on any atom is -0.497 e. The third-order valence-corrected chi connectivity index (χ3v) is 9.05. The van der Waals surface area contributed by atoms with Crippen molar-refractivity contribution in [2.75, 3.05) is 13.7 Å². The number of benzene rings is 4. The molecular weight excluding hydrogens is 634 g/mol. The van der Waals surface area contributed by atoms with Gasteiger partial charge in [0.1, 0.15) is 29.4 Å². The smallest absolute Gasteiger partial charge is 0.330 e. The minimum atomic E-state index is -1.07. The van der Waals surface area contributed by atoms with Crippen molar-refractivity contribution in [1.29, 1.82) is 0 Å². The van der Waals surface area contributed by atoms with Gasteiger partial charge in [-0.05, 0) is 41.3 Å². The molecule has 0 unspecified atom stereocenters. The van der Waals surface area contributed by atoms with E-state index in [0.717, 1.165) is 27.8 Å². The molecule has 1 aliphatic rings. The van der Waals surface area contributed by atoms with E-state index in [1.807, 2.05) is 110 Å². The average Bonchev–Trinajstić information content (AvgIpc) is 3.75. The summed E-state index contributed by atoms with van der Waals surface area (Å²) in [4.78, 5) is 28.4. The summed E-state index contributed by atoms with van der Waals surface area (Å²) in [6.45, 7) is 2.48. The Morgan fingerprint density at radius 1 is 0.900 bits per heavy atom. The first-order valence-corrected chi connectivity index (χ1v) is 16.4. The Hall–Kier alpha value is -5.62. The number of ether oxygens (including phenoxy) is 3. The molecule has 2 aromatic heterocycles. The molecule has 1 fully saturated rings. The van der Waals surface area contributed by atoms with Gasteiger partial charge >= 0.3 is 5.69 Å². The molecular formula is C39H37N5O6. The van der Waals surface area contributed by atoms with E-state index in [0.29, 0.717) is 18.0 Å². The van der Waals surface area contributed by atoms with Crippen molar-refractivity contribution in [3.63, 3.8) is 0 Å². The van der Waals surface area contributed by atoms with Gasteiger partial charge in [-0.3, -0.25) is 14.3 Å². The summed E-state index contributed by atoms with van der Waals surface area (Å²) in [5.41, 5.74) is 2.94. The molecule has 0 spiro atoms. The predicted octanol–water partition coefficient (Wildman–Crippen LogP) is 4.82. The van der Waals surface area contributed by atoms with Crippen LogP contribution in [0, 0.1) is 6.92 Å². The van der Waals surface area contributed by atoms with Crippen molar-refractivity contribution >= 4 is 0 Å². The molecule has 6 aromatic rings. The highest BCUT2D eigenvalue weighted by Gasteiger charge is 2.42. The van der Waals surface area contributed by atoms with Gasteiger partial charge in [0.2, 0.25) is 0 Å². The molecule has 0 amide bonds. The zero-order chi connectivity index (χ0) is 34.7.